The Morgan fingerprint density at radius 2 is 2.00 bits per heavy atom. The van der Waals surface area contributed by atoms with Crippen molar-refractivity contribution in [3.05, 3.63) is 35.6 Å². The van der Waals surface area contributed by atoms with E-state index < -0.39 is 6.03 Å². The lowest BCUT2D eigenvalue weighted by molar-refractivity contribution is 0.241. The number of hydrazine groups is 1. The molecule has 1 aromatic carbocycles. The summed E-state index contributed by atoms with van der Waals surface area (Å²) in [5.41, 5.74) is 2.91. The van der Waals surface area contributed by atoms with Crippen LogP contribution in [0, 0.1) is 5.82 Å². The van der Waals surface area contributed by atoms with E-state index in [0.29, 0.717) is 13.0 Å². The Morgan fingerprint density at radius 3 is 2.57 bits per heavy atom. The number of benzene rings is 1. The molecule has 0 aliphatic carbocycles. The highest BCUT2D eigenvalue weighted by molar-refractivity contribution is 5.72. The number of nitrogens with one attached hydrogen (secondary N) is 2. The predicted octanol–water partition coefficient (Wildman–Crippen LogP) is 0.541. The molecule has 0 atom stereocenters. The molecule has 0 spiro atoms. The van der Waals surface area contributed by atoms with Crippen LogP contribution >= 0.6 is 0 Å². The second kappa shape index (κ2) is 5.18. The summed E-state index contributed by atoms with van der Waals surface area (Å²) in [6.07, 6.45) is 0.647. The van der Waals surface area contributed by atoms with Crippen molar-refractivity contribution in [3.63, 3.8) is 0 Å². The molecule has 0 aliphatic heterocycles. The van der Waals surface area contributed by atoms with Crippen molar-refractivity contribution in [3.8, 4) is 0 Å². The Kier molecular flexibility index (Phi) is 3.87. The third kappa shape index (κ3) is 3.40. The van der Waals surface area contributed by atoms with Gasteiger partial charge in [-0.25, -0.2) is 15.0 Å². The molecule has 4 nitrogen and oxygen atoms in total. The van der Waals surface area contributed by atoms with E-state index in [2.05, 4.69) is 5.32 Å². The second-order valence-electron chi connectivity index (χ2n) is 2.78. The summed E-state index contributed by atoms with van der Waals surface area (Å²) in [4.78, 5) is 10.6. The summed E-state index contributed by atoms with van der Waals surface area (Å²) in [6, 6.07) is 5.71. The Labute approximate surface area is 81.3 Å². The van der Waals surface area contributed by atoms with E-state index >= 15 is 0 Å². The first-order chi connectivity index (χ1) is 6.72. The maximum atomic E-state index is 12.5. The van der Waals surface area contributed by atoms with E-state index in [4.69, 9.17) is 5.84 Å². The number of amides is 2. The first-order valence-electron chi connectivity index (χ1n) is 4.21. The van der Waals surface area contributed by atoms with E-state index in [-0.39, 0.29) is 5.82 Å². The smallest absolute Gasteiger partial charge is 0.328 e. The minimum absolute atomic E-state index is 0.263. The third-order valence-electron chi connectivity index (χ3n) is 1.74. The van der Waals surface area contributed by atoms with Gasteiger partial charge in [-0.05, 0) is 24.1 Å². The van der Waals surface area contributed by atoms with Crippen molar-refractivity contribution in [2.45, 2.75) is 6.42 Å². The minimum Gasteiger partial charge on any atom is -0.337 e. The summed E-state index contributed by atoms with van der Waals surface area (Å²) < 4.78 is 12.5. The van der Waals surface area contributed by atoms with Crippen molar-refractivity contribution >= 4 is 6.03 Å². The van der Waals surface area contributed by atoms with Gasteiger partial charge in [0, 0.05) is 6.54 Å². The number of nitrogens with two attached hydrogens (primary N) is 1. The van der Waals surface area contributed by atoms with E-state index in [1.165, 1.54) is 12.1 Å². The second-order valence-corrected chi connectivity index (χ2v) is 2.78. The molecule has 0 saturated heterocycles. The average Bonchev–Trinajstić information content (AvgIpc) is 2.21. The van der Waals surface area contributed by atoms with Crippen LogP contribution < -0.4 is 16.6 Å². The van der Waals surface area contributed by atoms with Crippen LogP contribution in [0.15, 0.2) is 24.3 Å². The quantitative estimate of drug-likeness (QED) is 0.376. The summed E-state index contributed by atoms with van der Waals surface area (Å²) in [7, 11) is 0. The Balaban J connectivity index is 2.31. The topological polar surface area (TPSA) is 67.1 Å². The predicted molar refractivity (Wildman–Crippen MR) is 50.8 cm³/mol. The number of rotatable bonds is 3. The normalized spacial score (nSPS) is 9.57. The van der Waals surface area contributed by atoms with E-state index in [9.17, 15) is 9.18 Å². The van der Waals surface area contributed by atoms with E-state index in [0.717, 1.165) is 5.56 Å². The Hall–Kier alpha value is -1.62. The van der Waals surface area contributed by atoms with Crippen molar-refractivity contribution < 1.29 is 9.18 Å². The van der Waals surface area contributed by atoms with Crippen LogP contribution in [0.5, 0.6) is 0 Å². The van der Waals surface area contributed by atoms with Crippen molar-refractivity contribution in [2.75, 3.05) is 6.54 Å². The molecule has 5 heteroatoms. The lowest BCUT2D eigenvalue weighted by Gasteiger charge is -2.03. The van der Waals surface area contributed by atoms with Gasteiger partial charge in [-0.1, -0.05) is 12.1 Å². The molecule has 0 heterocycles. The van der Waals surface area contributed by atoms with Gasteiger partial charge < -0.3 is 5.32 Å². The van der Waals surface area contributed by atoms with Gasteiger partial charge in [-0.2, -0.15) is 0 Å². The number of urea groups is 1. The Morgan fingerprint density at radius 1 is 1.36 bits per heavy atom. The van der Waals surface area contributed by atoms with Crippen LogP contribution in [0.3, 0.4) is 0 Å². The lowest BCUT2D eigenvalue weighted by atomic mass is 10.1. The largest absolute Gasteiger partial charge is 0.337 e. The maximum Gasteiger partial charge on any atom is 0.328 e. The molecule has 0 radical (unpaired) electrons. The highest BCUT2D eigenvalue weighted by atomic mass is 19.1. The number of hydrogen-bond donors (Lipinski definition) is 3. The standard InChI is InChI=1S/C9H12FN3O/c10-8-3-1-7(2-4-8)5-6-12-9(14)13-11/h1-4H,5-6,11H2,(H2,12,13,14). The molecule has 2 amide bonds. The average molecular weight is 197 g/mol. The molecule has 76 valence electrons. The van der Waals surface area contributed by atoms with Gasteiger partial charge in [0.25, 0.3) is 0 Å². The van der Waals surface area contributed by atoms with Gasteiger partial charge in [0.1, 0.15) is 5.82 Å². The highest BCUT2D eigenvalue weighted by Gasteiger charge is 1.96. The van der Waals surface area contributed by atoms with Gasteiger partial charge >= 0.3 is 6.03 Å². The first-order valence-corrected chi connectivity index (χ1v) is 4.21. The number of halogens is 1. The lowest BCUT2D eigenvalue weighted by Crippen LogP contribution is -2.40. The van der Waals surface area contributed by atoms with Gasteiger partial charge in [0.2, 0.25) is 0 Å². The summed E-state index contributed by atoms with van der Waals surface area (Å²) in [5.74, 6) is 4.60. The zero-order chi connectivity index (χ0) is 10.4. The molecule has 1 aromatic rings. The summed E-state index contributed by atoms with van der Waals surface area (Å²) in [5, 5.41) is 2.53. The minimum atomic E-state index is -0.424. The number of carbonyl (C=O) groups is 1. The fraction of sp³-hybridized carbons (Fsp3) is 0.222. The summed E-state index contributed by atoms with van der Waals surface area (Å²) >= 11 is 0. The van der Waals surface area contributed by atoms with Gasteiger partial charge in [0.05, 0.1) is 0 Å². The molecular weight excluding hydrogens is 185 g/mol. The van der Waals surface area contributed by atoms with E-state index in [1.54, 1.807) is 12.1 Å². The van der Waals surface area contributed by atoms with Crippen molar-refractivity contribution in [2.24, 2.45) is 5.84 Å². The molecular formula is C9H12FN3O. The molecule has 14 heavy (non-hydrogen) atoms. The molecule has 4 N–H and O–H groups in total. The van der Waals surface area contributed by atoms with Crippen LogP contribution in [0.2, 0.25) is 0 Å². The first kappa shape index (κ1) is 10.5. The monoisotopic (exact) mass is 197 g/mol. The number of carbonyl (C=O) groups excluding carboxylic acids is 1. The van der Waals surface area contributed by atoms with Gasteiger partial charge in [-0.15, -0.1) is 0 Å². The van der Waals surface area contributed by atoms with Gasteiger partial charge in [-0.3, -0.25) is 5.43 Å². The molecule has 0 unspecified atom stereocenters. The molecule has 0 aliphatic rings. The zero-order valence-corrected chi connectivity index (χ0v) is 7.59. The van der Waals surface area contributed by atoms with Crippen LogP contribution in [0.1, 0.15) is 5.56 Å². The molecule has 0 fully saturated rings. The van der Waals surface area contributed by atoms with Gasteiger partial charge in [0.15, 0.2) is 0 Å². The Bertz CT molecular complexity index is 299. The third-order valence-corrected chi connectivity index (χ3v) is 1.74. The van der Waals surface area contributed by atoms with Crippen molar-refractivity contribution in [1.29, 1.82) is 0 Å². The molecule has 1 rings (SSSR count). The zero-order valence-electron chi connectivity index (χ0n) is 7.59. The summed E-state index contributed by atoms with van der Waals surface area (Å²) in [6.45, 7) is 0.467. The van der Waals surface area contributed by atoms with E-state index in [1.807, 2.05) is 5.43 Å². The molecule has 0 aromatic heterocycles. The fourth-order valence-electron chi connectivity index (χ4n) is 1.02. The van der Waals surface area contributed by atoms with Crippen LogP contribution in [-0.4, -0.2) is 12.6 Å². The number of hydrogen-bond acceptors (Lipinski definition) is 2. The van der Waals surface area contributed by atoms with Crippen LogP contribution in [0.25, 0.3) is 0 Å². The fourth-order valence-corrected chi connectivity index (χ4v) is 1.02. The van der Waals surface area contributed by atoms with Crippen LogP contribution in [0.4, 0.5) is 9.18 Å². The highest BCUT2D eigenvalue weighted by Crippen LogP contribution is 2.02. The van der Waals surface area contributed by atoms with Crippen molar-refractivity contribution in [1.82, 2.24) is 10.7 Å². The molecule has 0 saturated carbocycles. The SMILES string of the molecule is NNC(=O)NCCc1ccc(F)cc1. The molecule has 0 bridgehead atoms. The maximum absolute atomic E-state index is 12.5. The van der Waals surface area contributed by atoms with Crippen LogP contribution in [-0.2, 0) is 6.42 Å².